The molecule has 2 N–H and O–H groups in total. The van der Waals surface area contributed by atoms with Crippen molar-refractivity contribution in [2.24, 2.45) is 0 Å². The molecule has 0 saturated carbocycles. The number of thiazole rings is 1. The van der Waals surface area contributed by atoms with Gasteiger partial charge in [0, 0.05) is 18.0 Å². The number of likely N-dealkylation sites (N-methyl/N-ethyl adjacent to an activating group) is 1. The van der Waals surface area contributed by atoms with Gasteiger partial charge in [-0.05, 0) is 19.0 Å². The van der Waals surface area contributed by atoms with E-state index in [-0.39, 0.29) is 0 Å². The number of aromatic nitrogens is 1. The molecule has 0 bridgehead atoms. The molecule has 0 unspecified atom stereocenters. The number of nitrogen functional groups attached to an aromatic ring is 1. The normalized spacial score (nSPS) is 17.5. The van der Waals surface area contributed by atoms with Gasteiger partial charge in [-0.3, -0.25) is 0 Å². The number of anilines is 1. The van der Waals surface area contributed by atoms with Crippen LogP contribution < -0.4 is 5.73 Å². The van der Waals surface area contributed by atoms with Crippen LogP contribution >= 0.6 is 22.7 Å². The van der Waals surface area contributed by atoms with Gasteiger partial charge < -0.3 is 10.6 Å². The molecule has 0 fully saturated rings. The van der Waals surface area contributed by atoms with Crippen LogP contribution in [-0.2, 0) is 13.0 Å². The maximum absolute atomic E-state index is 5.70. The Morgan fingerprint density at radius 1 is 1.43 bits per heavy atom. The van der Waals surface area contributed by atoms with Crippen molar-refractivity contribution in [3.05, 3.63) is 10.4 Å². The lowest BCUT2D eigenvalue weighted by atomic mass is 10.1. The van der Waals surface area contributed by atoms with E-state index in [0.717, 1.165) is 24.3 Å². The Morgan fingerprint density at radius 2 is 2.29 bits per heavy atom. The van der Waals surface area contributed by atoms with Crippen molar-refractivity contribution in [1.29, 1.82) is 0 Å². The number of nitrogens with zero attached hydrogens (tertiary/aromatic N) is 2. The summed E-state index contributed by atoms with van der Waals surface area (Å²) in [5, 5.41) is 0.702. The van der Waals surface area contributed by atoms with E-state index in [1.165, 1.54) is 15.1 Å². The average Bonchev–Trinajstić information content (AvgIpc) is 2.59. The Labute approximate surface area is 90.2 Å². The van der Waals surface area contributed by atoms with E-state index in [4.69, 9.17) is 5.73 Å². The zero-order valence-electron chi connectivity index (χ0n) is 7.91. The lowest BCUT2D eigenvalue weighted by molar-refractivity contribution is 0.318. The van der Waals surface area contributed by atoms with Crippen LogP contribution in [-0.4, -0.2) is 23.5 Å². The van der Waals surface area contributed by atoms with E-state index < -0.39 is 0 Å². The molecule has 0 amide bonds. The molecular weight excluding hydrogens is 214 g/mol. The molecule has 3 heterocycles. The zero-order valence-corrected chi connectivity index (χ0v) is 9.54. The Bertz CT molecular complexity index is 485. The fourth-order valence-electron chi connectivity index (χ4n) is 1.89. The van der Waals surface area contributed by atoms with Gasteiger partial charge in [-0.2, -0.15) is 0 Å². The first-order valence-electron chi connectivity index (χ1n) is 4.59. The summed E-state index contributed by atoms with van der Waals surface area (Å²) in [5.41, 5.74) is 7.20. The molecule has 0 radical (unpaired) electrons. The van der Waals surface area contributed by atoms with Gasteiger partial charge >= 0.3 is 0 Å². The topological polar surface area (TPSA) is 42.2 Å². The molecule has 1 aliphatic rings. The summed E-state index contributed by atoms with van der Waals surface area (Å²) in [7, 11) is 2.17. The third-order valence-corrected chi connectivity index (χ3v) is 4.78. The summed E-state index contributed by atoms with van der Waals surface area (Å²) in [5.74, 6) is 0. The summed E-state index contributed by atoms with van der Waals surface area (Å²) < 4.78 is 1.33. The minimum absolute atomic E-state index is 0.702. The summed E-state index contributed by atoms with van der Waals surface area (Å²) in [4.78, 5) is 9.30. The number of hydrogen-bond donors (Lipinski definition) is 1. The highest BCUT2D eigenvalue weighted by atomic mass is 32.1. The Morgan fingerprint density at radius 3 is 3.14 bits per heavy atom. The Balaban J connectivity index is 2.21. The molecule has 0 atom stereocenters. The lowest BCUT2D eigenvalue weighted by Gasteiger charge is -2.21. The molecule has 14 heavy (non-hydrogen) atoms. The predicted molar refractivity (Wildman–Crippen MR) is 61.9 cm³/mol. The van der Waals surface area contributed by atoms with Crippen LogP contribution in [0.15, 0.2) is 0 Å². The van der Waals surface area contributed by atoms with Crippen LogP contribution in [0.2, 0.25) is 0 Å². The minimum atomic E-state index is 0.702. The van der Waals surface area contributed by atoms with Crippen molar-refractivity contribution < 1.29 is 0 Å². The fraction of sp³-hybridized carbons (Fsp3) is 0.444. The highest BCUT2D eigenvalue weighted by Gasteiger charge is 2.20. The van der Waals surface area contributed by atoms with Crippen molar-refractivity contribution in [2.45, 2.75) is 13.0 Å². The summed E-state index contributed by atoms with van der Waals surface area (Å²) in [6, 6.07) is 0. The number of hydrogen-bond acceptors (Lipinski definition) is 5. The molecule has 1 aliphatic heterocycles. The zero-order chi connectivity index (χ0) is 9.71. The molecule has 0 aromatic carbocycles. The molecule has 2 aromatic heterocycles. The van der Waals surface area contributed by atoms with Crippen molar-refractivity contribution in [1.82, 2.24) is 9.88 Å². The Kier molecular flexibility index (Phi) is 1.80. The van der Waals surface area contributed by atoms with Crippen LogP contribution in [0.4, 0.5) is 5.13 Å². The van der Waals surface area contributed by atoms with Gasteiger partial charge in [0.1, 0.15) is 4.83 Å². The molecular formula is C9H11N3S2. The third-order valence-electron chi connectivity index (χ3n) is 2.60. The lowest BCUT2D eigenvalue weighted by Crippen LogP contribution is -2.25. The van der Waals surface area contributed by atoms with Crippen LogP contribution in [0.1, 0.15) is 10.4 Å². The van der Waals surface area contributed by atoms with E-state index in [2.05, 4.69) is 16.9 Å². The van der Waals surface area contributed by atoms with Gasteiger partial charge in [0.05, 0.1) is 4.70 Å². The average molecular weight is 225 g/mol. The van der Waals surface area contributed by atoms with E-state index in [9.17, 15) is 0 Å². The first kappa shape index (κ1) is 8.64. The molecule has 0 saturated heterocycles. The van der Waals surface area contributed by atoms with Crippen molar-refractivity contribution in [3.8, 4) is 0 Å². The number of nitrogens with two attached hydrogens (primary N) is 1. The standard InChI is InChI=1S/C9H11N3S2/c1-12-3-2-5-6(4-12)13-8-7(5)14-9(10)11-8/h2-4H2,1H3,(H2,10,11). The summed E-state index contributed by atoms with van der Waals surface area (Å²) >= 11 is 3.44. The molecule has 0 spiro atoms. The first-order chi connectivity index (χ1) is 6.74. The second-order valence-electron chi connectivity index (χ2n) is 3.68. The number of thiophene rings is 1. The molecule has 3 nitrogen and oxygen atoms in total. The molecule has 0 aliphatic carbocycles. The van der Waals surface area contributed by atoms with Crippen LogP contribution in [0.25, 0.3) is 9.53 Å². The van der Waals surface area contributed by atoms with Crippen molar-refractivity contribution in [3.63, 3.8) is 0 Å². The highest BCUT2D eigenvalue weighted by molar-refractivity contribution is 7.29. The Hall–Kier alpha value is -0.650. The van der Waals surface area contributed by atoms with Crippen LogP contribution in [0.3, 0.4) is 0 Å². The van der Waals surface area contributed by atoms with Crippen molar-refractivity contribution in [2.75, 3.05) is 19.3 Å². The SMILES string of the molecule is CN1CCc2c(sc3nc(N)sc23)C1. The monoisotopic (exact) mass is 225 g/mol. The van der Waals surface area contributed by atoms with Crippen molar-refractivity contribution >= 4 is 37.3 Å². The van der Waals surface area contributed by atoms with E-state index >= 15 is 0 Å². The third kappa shape index (κ3) is 1.16. The molecule has 5 heteroatoms. The maximum atomic E-state index is 5.70. The minimum Gasteiger partial charge on any atom is -0.375 e. The second-order valence-corrected chi connectivity index (χ2v) is 5.79. The largest absolute Gasteiger partial charge is 0.375 e. The summed E-state index contributed by atoms with van der Waals surface area (Å²) in [6.07, 6.45) is 1.15. The molecule has 3 rings (SSSR count). The van der Waals surface area contributed by atoms with Gasteiger partial charge in [0.2, 0.25) is 0 Å². The summed E-state index contributed by atoms with van der Waals surface area (Å²) in [6.45, 7) is 2.22. The molecule has 2 aromatic rings. The van der Waals surface area contributed by atoms with Gasteiger partial charge in [0.15, 0.2) is 5.13 Å². The van der Waals surface area contributed by atoms with Crippen LogP contribution in [0, 0.1) is 0 Å². The quantitative estimate of drug-likeness (QED) is 0.745. The maximum Gasteiger partial charge on any atom is 0.181 e. The highest BCUT2D eigenvalue weighted by Crippen LogP contribution is 2.38. The fourth-order valence-corrected chi connectivity index (χ4v) is 4.30. The smallest absolute Gasteiger partial charge is 0.181 e. The van der Waals surface area contributed by atoms with E-state index in [0.29, 0.717) is 5.13 Å². The van der Waals surface area contributed by atoms with Gasteiger partial charge in [-0.1, -0.05) is 11.3 Å². The van der Waals surface area contributed by atoms with Gasteiger partial charge in [-0.25, -0.2) is 4.98 Å². The van der Waals surface area contributed by atoms with Gasteiger partial charge in [-0.15, -0.1) is 11.3 Å². The predicted octanol–water partition coefficient (Wildman–Crippen LogP) is 1.93. The van der Waals surface area contributed by atoms with Gasteiger partial charge in [0.25, 0.3) is 0 Å². The first-order valence-corrected chi connectivity index (χ1v) is 6.22. The van der Waals surface area contributed by atoms with E-state index in [1.807, 2.05) is 0 Å². The second kappa shape index (κ2) is 2.92. The number of rotatable bonds is 0. The van der Waals surface area contributed by atoms with Crippen LogP contribution in [0.5, 0.6) is 0 Å². The molecule has 74 valence electrons. The van der Waals surface area contributed by atoms with E-state index in [1.54, 1.807) is 22.7 Å². The number of fused-ring (bicyclic) bond motifs is 3.